The molecular formula is C20H22N4O4. The quantitative estimate of drug-likeness (QED) is 0.759. The number of hydrogen-bond donors (Lipinski definition) is 2. The number of fused-ring (bicyclic) bond motifs is 3. The fourth-order valence-electron chi connectivity index (χ4n) is 4.98. The van der Waals surface area contributed by atoms with Gasteiger partial charge in [-0.2, -0.15) is 0 Å². The molecule has 8 nitrogen and oxygen atoms in total. The van der Waals surface area contributed by atoms with E-state index >= 15 is 0 Å². The number of anilines is 1. The molecule has 4 aliphatic rings. The van der Waals surface area contributed by atoms with Gasteiger partial charge in [-0.1, -0.05) is 0 Å². The van der Waals surface area contributed by atoms with Crippen molar-refractivity contribution in [1.82, 2.24) is 15.1 Å². The zero-order valence-electron chi connectivity index (χ0n) is 15.4. The molecule has 0 spiro atoms. The van der Waals surface area contributed by atoms with Gasteiger partial charge < -0.3 is 15.1 Å². The van der Waals surface area contributed by atoms with E-state index in [9.17, 15) is 19.2 Å². The van der Waals surface area contributed by atoms with Crippen LogP contribution in [0.4, 0.5) is 10.5 Å². The lowest BCUT2D eigenvalue weighted by molar-refractivity contribution is -0.136. The maximum absolute atomic E-state index is 12.7. The van der Waals surface area contributed by atoms with Crippen LogP contribution in [0.1, 0.15) is 54.4 Å². The van der Waals surface area contributed by atoms with Crippen LogP contribution in [0, 0.1) is 0 Å². The van der Waals surface area contributed by atoms with Crippen LogP contribution in [0.15, 0.2) is 18.2 Å². The van der Waals surface area contributed by atoms with Gasteiger partial charge >= 0.3 is 6.03 Å². The molecule has 2 N–H and O–H groups in total. The van der Waals surface area contributed by atoms with Gasteiger partial charge in [0.25, 0.3) is 5.91 Å². The third kappa shape index (κ3) is 2.66. The van der Waals surface area contributed by atoms with Crippen molar-refractivity contribution in [3.63, 3.8) is 0 Å². The Labute approximate surface area is 162 Å². The molecule has 28 heavy (non-hydrogen) atoms. The third-order valence-corrected chi connectivity index (χ3v) is 6.41. The number of hydrogen-bond acceptors (Lipinski definition) is 4. The summed E-state index contributed by atoms with van der Waals surface area (Å²) in [5, 5.41) is 5.26. The zero-order chi connectivity index (χ0) is 19.4. The van der Waals surface area contributed by atoms with Gasteiger partial charge in [-0.25, -0.2) is 4.79 Å². The number of piperidine rings is 2. The molecule has 3 saturated heterocycles. The topological polar surface area (TPSA) is 98.8 Å². The van der Waals surface area contributed by atoms with Crippen LogP contribution in [0.3, 0.4) is 0 Å². The Bertz CT molecular complexity index is 884. The van der Waals surface area contributed by atoms with Crippen molar-refractivity contribution in [3.05, 3.63) is 29.3 Å². The standard InChI is InChI=1S/C20H22N4O4/c25-17-7-6-16(18(26)22-17)23-10-11-8-12(4-5-15(11)19(23)27)21-20(28)24-13-2-1-3-14(24)9-13/h4-5,8,13-14,16H,1-3,6-7,9-10H2,(H,21,28)(H,22,25,26). The Morgan fingerprint density at radius 2 is 1.89 bits per heavy atom. The fraction of sp³-hybridized carbons (Fsp3) is 0.500. The summed E-state index contributed by atoms with van der Waals surface area (Å²) in [4.78, 5) is 52.3. The van der Waals surface area contributed by atoms with E-state index in [1.54, 1.807) is 12.1 Å². The first-order valence-corrected chi connectivity index (χ1v) is 9.88. The number of benzene rings is 1. The number of urea groups is 1. The number of carbonyl (C=O) groups excluding carboxylic acids is 4. The molecule has 2 bridgehead atoms. The molecule has 0 aliphatic carbocycles. The average Bonchev–Trinajstić information content (AvgIpc) is 2.98. The molecule has 8 heteroatoms. The molecule has 1 aromatic rings. The molecule has 5 amide bonds. The van der Waals surface area contributed by atoms with Gasteiger partial charge in [0.15, 0.2) is 0 Å². The average molecular weight is 382 g/mol. The van der Waals surface area contributed by atoms with Crippen molar-refractivity contribution in [1.29, 1.82) is 0 Å². The maximum atomic E-state index is 12.7. The van der Waals surface area contributed by atoms with Crippen LogP contribution in [-0.2, 0) is 16.1 Å². The van der Waals surface area contributed by atoms with E-state index in [0.717, 1.165) is 24.8 Å². The number of nitrogens with one attached hydrogen (secondary N) is 2. The first-order chi connectivity index (χ1) is 13.5. The van der Waals surface area contributed by atoms with Crippen molar-refractivity contribution < 1.29 is 19.2 Å². The first-order valence-electron chi connectivity index (χ1n) is 9.88. The van der Waals surface area contributed by atoms with Gasteiger partial charge in [0, 0.05) is 36.3 Å². The molecule has 3 atom stereocenters. The Balaban J connectivity index is 1.30. The van der Waals surface area contributed by atoms with Crippen molar-refractivity contribution in [2.24, 2.45) is 0 Å². The fourth-order valence-corrected chi connectivity index (χ4v) is 4.98. The largest absolute Gasteiger partial charge is 0.322 e. The Hall–Kier alpha value is -2.90. The molecule has 0 radical (unpaired) electrons. The van der Waals surface area contributed by atoms with Crippen LogP contribution in [-0.4, -0.2) is 51.7 Å². The zero-order valence-corrected chi connectivity index (χ0v) is 15.4. The SMILES string of the molecule is O=C1CCC(N2Cc3cc(NC(=O)N4C5CCCC4C5)ccc3C2=O)C(=O)N1. The molecule has 146 valence electrons. The monoisotopic (exact) mass is 382 g/mol. The van der Waals surface area contributed by atoms with E-state index in [1.807, 2.05) is 11.0 Å². The van der Waals surface area contributed by atoms with Crippen LogP contribution >= 0.6 is 0 Å². The molecule has 4 aliphatic heterocycles. The van der Waals surface area contributed by atoms with E-state index < -0.39 is 11.9 Å². The van der Waals surface area contributed by atoms with E-state index in [-0.39, 0.29) is 24.3 Å². The summed E-state index contributed by atoms with van der Waals surface area (Å²) in [6, 6.07) is 5.26. The number of amides is 5. The van der Waals surface area contributed by atoms with Gasteiger partial charge in [0.1, 0.15) is 6.04 Å². The van der Waals surface area contributed by atoms with Crippen LogP contribution in [0.2, 0.25) is 0 Å². The van der Waals surface area contributed by atoms with E-state index in [2.05, 4.69) is 10.6 Å². The summed E-state index contributed by atoms with van der Waals surface area (Å²) < 4.78 is 0. The maximum Gasteiger partial charge on any atom is 0.322 e. The van der Waals surface area contributed by atoms with Crippen LogP contribution in [0.5, 0.6) is 0 Å². The van der Waals surface area contributed by atoms with Crippen molar-refractivity contribution in [2.45, 2.75) is 63.2 Å². The number of carbonyl (C=O) groups is 4. The molecule has 4 heterocycles. The molecular weight excluding hydrogens is 360 g/mol. The molecule has 3 unspecified atom stereocenters. The van der Waals surface area contributed by atoms with Crippen LogP contribution in [0.25, 0.3) is 0 Å². The van der Waals surface area contributed by atoms with E-state index in [4.69, 9.17) is 0 Å². The minimum atomic E-state index is -0.629. The van der Waals surface area contributed by atoms with Gasteiger partial charge in [-0.15, -0.1) is 0 Å². The summed E-state index contributed by atoms with van der Waals surface area (Å²) in [6.45, 7) is 0.305. The smallest absolute Gasteiger partial charge is 0.322 e. The second kappa shape index (κ2) is 6.32. The van der Waals surface area contributed by atoms with Gasteiger partial charge in [-0.3, -0.25) is 19.7 Å². The highest BCUT2D eigenvalue weighted by atomic mass is 16.2. The second-order valence-electron chi connectivity index (χ2n) is 8.08. The molecule has 0 saturated carbocycles. The number of rotatable bonds is 2. The summed E-state index contributed by atoms with van der Waals surface area (Å²) in [5.41, 5.74) is 1.99. The second-order valence-corrected chi connectivity index (χ2v) is 8.08. The number of nitrogens with zero attached hydrogens (tertiary/aromatic N) is 2. The minimum Gasteiger partial charge on any atom is -0.322 e. The van der Waals surface area contributed by atoms with Crippen molar-refractivity contribution >= 4 is 29.4 Å². The predicted molar refractivity (Wildman–Crippen MR) is 99.4 cm³/mol. The van der Waals surface area contributed by atoms with Crippen molar-refractivity contribution in [3.8, 4) is 0 Å². The first kappa shape index (κ1) is 17.2. The van der Waals surface area contributed by atoms with E-state index in [1.165, 1.54) is 11.3 Å². The Kier molecular flexibility index (Phi) is 3.89. The van der Waals surface area contributed by atoms with Gasteiger partial charge in [0.05, 0.1) is 0 Å². The lowest BCUT2D eigenvalue weighted by Crippen LogP contribution is -2.62. The lowest BCUT2D eigenvalue weighted by atomic mass is 9.80. The van der Waals surface area contributed by atoms with Crippen LogP contribution < -0.4 is 10.6 Å². The molecule has 5 rings (SSSR count). The van der Waals surface area contributed by atoms with Crippen molar-refractivity contribution in [2.75, 3.05) is 5.32 Å². The Morgan fingerprint density at radius 1 is 1.11 bits per heavy atom. The van der Waals surface area contributed by atoms with Gasteiger partial charge in [-0.05, 0) is 55.9 Å². The highest BCUT2D eigenvalue weighted by molar-refractivity contribution is 6.05. The lowest BCUT2D eigenvalue weighted by Gasteiger charge is -2.52. The molecule has 0 aromatic heterocycles. The molecule has 3 fully saturated rings. The summed E-state index contributed by atoms with van der Waals surface area (Å²) >= 11 is 0. The summed E-state index contributed by atoms with van der Waals surface area (Å²) in [6.07, 6.45) is 5.01. The summed E-state index contributed by atoms with van der Waals surface area (Å²) in [7, 11) is 0. The summed E-state index contributed by atoms with van der Waals surface area (Å²) in [5.74, 6) is -0.930. The normalized spacial score (nSPS) is 28.6. The predicted octanol–water partition coefficient (Wildman–Crippen LogP) is 1.61. The minimum absolute atomic E-state index is 0.0766. The third-order valence-electron chi connectivity index (χ3n) is 6.41. The Morgan fingerprint density at radius 3 is 2.61 bits per heavy atom. The highest BCUT2D eigenvalue weighted by Crippen LogP contribution is 2.38. The number of imide groups is 1. The molecule has 1 aromatic carbocycles. The highest BCUT2D eigenvalue weighted by Gasteiger charge is 2.44. The van der Waals surface area contributed by atoms with Gasteiger partial charge in [0.2, 0.25) is 11.8 Å². The van der Waals surface area contributed by atoms with E-state index in [0.29, 0.717) is 36.3 Å².